The van der Waals surface area contributed by atoms with E-state index in [0.717, 1.165) is 6.54 Å². The van der Waals surface area contributed by atoms with Gasteiger partial charge in [0.05, 0.1) is 0 Å². The van der Waals surface area contributed by atoms with Crippen LogP contribution in [0, 0.1) is 0 Å². The lowest BCUT2D eigenvalue weighted by molar-refractivity contribution is -0.138. The van der Waals surface area contributed by atoms with E-state index in [-0.39, 0.29) is 5.60 Å². The van der Waals surface area contributed by atoms with Gasteiger partial charge in [-0.2, -0.15) is 0 Å². The number of hydrogen-bond donors (Lipinski definition) is 1. The fraction of sp³-hybridized carbons (Fsp3) is 0.667. The van der Waals surface area contributed by atoms with Gasteiger partial charge in [0.15, 0.2) is 0 Å². The molecule has 1 aliphatic heterocycles. The standard InChI is InChI=1S/C5H10O2.C4H7N/c1-5(2,3)7-4-6;1-2-4-5-3-1/h4H,1-3H3;1,3,5H,2,4H2. The van der Waals surface area contributed by atoms with Crippen molar-refractivity contribution < 1.29 is 9.53 Å². The number of nitrogens with one attached hydrogen (secondary N) is 1. The van der Waals surface area contributed by atoms with Crippen molar-refractivity contribution in [1.82, 2.24) is 5.32 Å². The number of carbonyl (C=O) groups is 1. The van der Waals surface area contributed by atoms with Crippen LogP contribution in [0.15, 0.2) is 12.3 Å². The first-order valence-electron chi connectivity index (χ1n) is 4.06. The lowest BCUT2D eigenvalue weighted by atomic mass is 10.2. The molecule has 1 heterocycles. The van der Waals surface area contributed by atoms with Crippen molar-refractivity contribution in [2.75, 3.05) is 6.54 Å². The van der Waals surface area contributed by atoms with Crippen LogP contribution in [0.2, 0.25) is 0 Å². The molecule has 0 saturated carbocycles. The second-order valence-electron chi connectivity index (χ2n) is 3.47. The van der Waals surface area contributed by atoms with Crippen molar-refractivity contribution in [1.29, 1.82) is 0 Å². The van der Waals surface area contributed by atoms with Crippen LogP contribution in [0.3, 0.4) is 0 Å². The van der Waals surface area contributed by atoms with Gasteiger partial charge in [-0.25, -0.2) is 0 Å². The first-order chi connectivity index (χ1) is 5.56. The van der Waals surface area contributed by atoms with Crippen molar-refractivity contribution in [3.05, 3.63) is 12.3 Å². The molecule has 3 nitrogen and oxygen atoms in total. The Morgan fingerprint density at radius 2 is 2.17 bits per heavy atom. The third kappa shape index (κ3) is 9.01. The van der Waals surface area contributed by atoms with Gasteiger partial charge < -0.3 is 10.1 Å². The lowest BCUT2D eigenvalue weighted by Gasteiger charge is -2.14. The molecule has 3 heteroatoms. The van der Waals surface area contributed by atoms with E-state index in [9.17, 15) is 4.79 Å². The molecule has 0 spiro atoms. The summed E-state index contributed by atoms with van der Waals surface area (Å²) in [5, 5.41) is 3.04. The quantitative estimate of drug-likeness (QED) is 0.607. The van der Waals surface area contributed by atoms with Gasteiger partial charge in [-0.3, -0.25) is 4.79 Å². The smallest absolute Gasteiger partial charge is 0.293 e. The van der Waals surface area contributed by atoms with E-state index in [1.165, 1.54) is 6.42 Å². The number of ether oxygens (including phenoxy) is 1. The fourth-order valence-corrected chi connectivity index (χ4v) is 0.561. The molecule has 70 valence electrons. The summed E-state index contributed by atoms with van der Waals surface area (Å²) in [6.07, 6.45) is 5.32. The van der Waals surface area contributed by atoms with Crippen LogP contribution in [0.5, 0.6) is 0 Å². The molecule has 0 amide bonds. The molecule has 0 unspecified atom stereocenters. The molecule has 0 atom stereocenters. The Hall–Kier alpha value is -0.990. The van der Waals surface area contributed by atoms with Crippen molar-refractivity contribution in [2.45, 2.75) is 32.8 Å². The molecule has 1 rings (SSSR count). The van der Waals surface area contributed by atoms with E-state index in [1.54, 1.807) is 0 Å². The predicted octanol–water partition coefficient (Wildman–Crippen LogP) is 1.45. The zero-order valence-corrected chi connectivity index (χ0v) is 7.96. The molecule has 1 N–H and O–H groups in total. The summed E-state index contributed by atoms with van der Waals surface area (Å²) >= 11 is 0. The Morgan fingerprint density at radius 1 is 1.50 bits per heavy atom. The zero-order chi connectivity index (χ0) is 9.45. The van der Waals surface area contributed by atoms with Crippen LogP contribution in [-0.4, -0.2) is 18.6 Å². The molecule has 0 saturated heterocycles. The van der Waals surface area contributed by atoms with E-state index in [0.29, 0.717) is 6.47 Å². The maximum absolute atomic E-state index is 9.60. The molecule has 0 aromatic heterocycles. The van der Waals surface area contributed by atoms with Gasteiger partial charge in [0, 0.05) is 6.54 Å². The summed E-state index contributed by atoms with van der Waals surface area (Å²) in [6, 6.07) is 0. The zero-order valence-electron chi connectivity index (χ0n) is 7.96. The molecule has 12 heavy (non-hydrogen) atoms. The molecular weight excluding hydrogens is 154 g/mol. The number of hydrogen-bond acceptors (Lipinski definition) is 3. The summed E-state index contributed by atoms with van der Waals surface area (Å²) in [5.74, 6) is 0. The summed E-state index contributed by atoms with van der Waals surface area (Å²) in [5.41, 5.74) is -0.318. The summed E-state index contributed by atoms with van der Waals surface area (Å²) in [4.78, 5) is 9.60. The second kappa shape index (κ2) is 5.63. The first kappa shape index (κ1) is 11.0. The second-order valence-corrected chi connectivity index (χ2v) is 3.47. The molecule has 0 radical (unpaired) electrons. The monoisotopic (exact) mass is 171 g/mol. The summed E-state index contributed by atoms with van der Waals surface area (Å²) < 4.78 is 4.55. The molecule has 0 aliphatic carbocycles. The van der Waals surface area contributed by atoms with Crippen LogP contribution in [0.25, 0.3) is 0 Å². The minimum atomic E-state index is -0.318. The minimum Gasteiger partial charge on any atom is -0.462 e. The molecule has 1 aliphatic rings. The summed E-state index contributed by atoms with van der Waals surface area (Å²) in [7, 11) is 0. The predicted molar refractivity (Wildman–Crippen MR) is 48.7 cm³/mol. The van der Waals surface area contributed by atoms with Gasteiger partial charge in [-0.05, 0) is 33.4 Å². The van der Waals surface area contributed by atoms with E-state index >= 15 is 0 Å². The molecule has 0 aromatic rings. The van der Waals surface area contributed by atoms with Crippen molar-refractivity contribution in [2.24, 2.45) is 0 Å². The molecule has 0 aromatic carbocycles. The highest BCUT2D eigenvalue weighted by Crippen LogP contribution is 2.02. The van der Waals surface area contributed by atoms with Gasteiger partial charge in [-0.15, -0.1) is 0 Å². The van der Waals surface area contributed by atoms with E-state index in [2.05, 4.69) is 16.1 Å². The van der Waals surface area contributed by atoms with Crippen molar-refractivity contribution in [3.8, 4) is 0 Å². The fourth-order valence-electron chi connectivity index (χ4n) is 0.561. The Bertz CT molecular complexity index is 141. The Balaban J connectivity index is 0.000000211. The topological polar surface area (TPSA) is 38.3 Å². The average molecular weight is 171 g/mol. The average Bonchev–Trinajstić information content (AvgIpc) is 2.38. The number of rotatable bonds is 1. The van der Waals surface area contributed by atoms with Gasteiger partial charge >= 0.3 is 0 Å². The molecule has 0 fully saturated rings. The van der Waals surface area contributed by atoms with Crippen LogP contribution >= 0.6 is 0 Å². The molecular formula is C9H17NO2. The first-order valence-corrected chi connectivity index (χ1v) is 4.06. The highest BCUT2D eigenvalue weighted by Gasteiger charge is 2.07. The van der Waals surface area contributed by atoms with Crippen LogP contribution < -0.4 is 5.32 Å². The van der Waals surface area contributed by atoms with Gasteiger partial charge in [0.2, 0.25) is 0 Å². The summed E-state index contributed by atoms with van der Waals surface area (Å²) in [6.45, 7) is 7.06. The van der Waals surface area contributed by atoms with Crippen LogP contribution in [0.4, 0.5) is 0 Å². The number of carbonyl (C=O) groups excluding carboxylic acids is 1. The maximum atomic E-state index is 9.60. The SMILES string of the molecule is C1=CNCC1.CC(C)(C)OC=O. The Kier molecular flexibility index (Phi) is 5.17. The highest BCUT2D eigenvalue weighted by molar-refractivity contribution is 5.37. The lowest BCUT2D eigenvalue weighted by Crippen LogP contribution is -2.17. The van der Waals surface area contributed by atoms with Gasteiger partial charge in [0.1, 0.15) is 5.60 Å². The van der Waals surface area contributed by atoms with E-state index < -0.39 is 0 Å². The van der Waals surface area contributed by atoms with E-state index in [1.807, 2.05) is 27.0 Å². The third-order valence-corrected chi connectivity index (χ3v) is 1.09. The Morgan fingerprint density at radius 3 is 2.25 bits per heavy atom. The normalized spacial score (nSPS) is 14.2. The highest BCUT2D eigenvalue weighted by atomic mass is 16.5. The van der Waals surface area contributed by atoms with Gasteiger partial charge in [0.25, 0.3) is 6.47 Å². The van der Waals surface area contributed by atoms with Crippen LogP contribution in [0.1, 0.15) is 27.2 Å². The van der Waals surface area contributed by atoms with E-state index in [4.69, 9.17) is 0 Å². The maximum Gasteiger partial charge on any atom is 0.293 e. The van der Waals surface area contributed by atoms with Crippen molar-refractivity contribution >= 4 is 6.47 Å². The Labute approximate surface area is 73.8 Å². The van der Waals surface area contributed by atoms with Crippen molar-refractivity contribution in [3.63, 3.8) is 0 Å². The largest absolute Gasteiger partial charge is 0.462 e. The van der Waals surface area contributed by atoms with Gasteiger partial charge in [-0.1, -0.05) is 6.08 Å². The minimum absolute atomic E-state index is 0.318. The van der Waals surface area contributed by atoms with Crippen LogP contribution in [-0.2, 0) is 9.53 Å². The molecule has 0 bridgehead atoms. The third-order valence-electron chi connectivity index (χ3n) is 1.09.